The summed E-state index contributed by atoms with van der Waals surface area (Å²) >= 11 is 8.53. The van der Waals surface area contributed by atoms with Gasteiger partial charge in [0.25, 0.3) is 5.69 Å². The molecule has 0 amide bonds. The van der Waals surface area contributed by atoms with Crippen LogP contribution in [0, 0.1) is 16.0 Å². The number of carbonyl (C=O) groups is 1. The van der Waals surface area contributed by atoms with Crippen molar-refractivity contribution >= 4 is 40.7 Å². The van der Waals surface area contributed by atoms with Crippen LogP contribution in [-0.2, 0) is 0 Å². The summed E-state index contributed by atoms with van der Waals surface area (Å²) in [6.45, 7) is 0. The van der Waals surface area contributed by atoms with Crippen molar-refractivity contribution < 1.29 is 14.8 Å². The van der Waals surface area contributed by atoms with Gasteiger partial charge in [0.2, 0.25) is 0 Å². The highest BCUT2D eigenvalue weighted by Crippen LogP contribution is 2.58. The van der Waals surface area contributed by atoms with E-state index in [1.165, 1.54) is 17.8 Å². The maximum atomic E-state index is 11.6. The second-order valence-corrected chi connectivity index (χ2v) is 10.2. The first-order valence-electron chi connectivity index (χ1n) is 10.7. The average molecular weight is 481 g/mol. The first kappa shape index (κ1) is 21.8. The van der Waals surface area contributed by atoms with Crippen LogP contribution in [0.4, 0.5) is 11.4 Å². The molecule has 1 fully saturated rings. The summed E-state index contributed by atoms with van der Waals surface area (Å²) < 4.78 is 0. The van der Waals surface area contributed by atoms with Gasteiger partial charge in [0.05, 0.1) is 26.8 Å². The smallest absolute Gasteiger partial charge is 0.335 e. The summed E-state index contributed by atoms with van der Waals surface area (Å²) in [6, 6.07) is 22.0. The lowest BCUT2D eigenvalue weighted by Crippen LogP contribution is -2.31. The van der Waals surface area contributed by atoms with E-state index in [4.69, 9.17) is 11.6 Å². The number of para-hydroxylation sites is 1. The number of nitro benzene ring substituents is 1. The van der Waals surface area contributed by atoms with E-state index in [1.54, 1.807) is 30.3 Å². The van der Waals surface area contributed by atoms with E-state index in [1.807, 2.05) is 24.3 Å². The number of carboxylic acids is 1. The van der Waals surface area contributed by atoms with Gasteiger partial charge in [-0.25, -0.2) is 4.79 Å². The zero-order valence-electron chi connectivity index (χ0n) is 17.4. The molecule has 8 heteroatoms. The van der Waals surface area contributed by atoms with Gasteiger partial charge in [-0.3, -0.25) is 10.1 Å². The van der Waals surface area contributed by atoms with E-state index >= 15 is 0 Å². The minimum atomic E-state index is -0.977. The number of nitrogens with one attached hydrogen (secondary N) is 1. The lowest BCUT2D eigenvalue weighted by Gasteiger charge is -2.38. The Bertz CT molecular complexity index is 1220. The summed E-state index contributed by atoms with van der Waals surface area (Å²) in [7, 11) is 0. The Hall–Kier alpha value is -3.03. The number of halogens is 1. The van der Waals surface area contributed by atoms with Crippen LogP contribution in [0.1, 0.15) is 39.9 Å². The van der Waals surface area contributed by atoms with E-state index < -0.39 is 5.97 Å². The van der Waals surface area contributed by atoms with Gasteiger partial charge in [-0.2, -0.15) is 0 Å². The fraction of sp³-hybridized carbons (Fsp3) is 0.240. The van der Waals surface area contributed by atoms with Crippen LogP contribution in [0.3, 0.4) is 0 Å². The van der Waals surface area contributed by atoms with Gasteiger partial charge in [0.1, 0.15) is 0 Å². The van der Waals surface area contributed by atoms with Crippen LogP contribution in [0.2, 0.25) is 0 Å². The number of benzene rings is 3. The number of rotatable bonds is 5. The maximum Gasteiger partial charge on any atom is 0.335 e. The minimum Gasteiger partial charge on any atom is -0.478 e. The molecule has 0 radical (unpaired) electrons. The van der Waals surface area contributed by atoms with E-state index in [9.17, 15) is 20.0 Å². The maximum absolute atomic E-state index is 11.6. The Balaban J connectivity index is 1.55. The molecule has 33 heavy (non-hydrogen) atoms. The van der Waals surface area contributed by atoms with Gasteiger partial charge in [-0.05, 0) is 47.7 Å². The van der Waals surface area contributed by atoms with E-state index in [0.29, 0.717) is 4.90 Å². The SMILES string of the molecule is O=C(O)c1ccc2c(c1)[C@@H]1[C@H](Cl)[C@H](Sc3ccccc3[N+](=O)[O-])C[C@@H]1[C@H](c1ccccc1)N2. The Morgan fingerprint density at radius 2 is 1.82 bits per heavy atom. The number of alkyl halides is 1. The number of hydrogen-bond acceptors (Lipinski definition) is 5. The van der Waals surface area contributed by atoms with Crippen molar-refractivity contribution in [2.45, 2.75) is 33.9 Å². The van der Waals surface area contributed by atoms with Gasteiger partial charge < -0.3 is 10.4 Å². The molecule has 0 aromatic heterocycles. The largest absolute Gasteiger partial charge is 0.478 e. The molecule has 0 bridgehead atoms. The second kappa shape index (κ2) is 8.72. The molecule has 5 rings (SSSR count). The lowest BCUT2D eigenvalue weighted by molar-refractivity contribution is -0.387. The van der Waals surface area contributed by atoms with Gasteiger partial charge in [0, 0.05) is 22.9 Å². The first-order valence-corrected chi connectivity index (χ1v) is 12.0. The average Bonchev–Trinajstić information content (AvgIpc) is 3.15. The molecule has 1 heterocycles. The summed E-state index contributed by atoms with van der Waals surface area (Å²) in [4.78, 5) is 23.4. The molecular weight excluding hydrogens is 460 g/mol. The molecule has 168 valence electrons. The third-order valence-corrected chi connectivity index (χ3v) is 8.67. The molecule has 6 nitrogen and oxygen atoms in total. The molecule has 1 aliphatic heterocycles. The summed E-state index contributed by atoms with van der Waals surface area (Å²) in [5.74, 6) is -0.936. The van der Waals surface area contributed by atoms with Crippen molar-refractivity contribution in [1.82, 2.24) is 0 Å². The number of thioether (sulfide) groups is 1. The highest BCUT2D eigenvalue weighted by atomic mass is 35.5. The van der Waals surface area contributed by atoms with Crippen LogP contribution in [0.5, 0.6) is 0 Å². The standard InChI is InChI=1S/C25H21ClN2O4S/c26-23-21(33-20-9-5-4-8-19(20)28(31)32)13-17-22(23)16-12-15(25(29)30)10-11-18(16)27-24(17)14-6-2-1-3-7-14/h1-12,17,21-24,27H,13H2,(H,29,30)/t17-,21+,22-,23+,24-/m0/s1. The molecule has 1 aliphatic carbocycles. The third kappa shape index (κ3) is 3.96. The summed E-state index contributed by atoms with van der Waals surface area (Å²) in [6.07, 6.45) is 0.749. The van der Waals surface area contributed by atoms with Crippen LogP contribution >= 0.6 is 23.4 Å². The Kier molecular flexibility index (Phi) is 5.76. The van der Waals surface area contributed by atoms with Crippen molar-refractivity contribution in [2.24, 2.45) is 5.92 Å². The molecule has 1 saturated carbocycles. The topological polar surface area (TPSA) is 92.5 Å². The number of fused-ring (bicyclic) bond motifs is 3. The van der Waals surface area contributed by atoms with E-state index in [-0.39, 0.29) is 44.7 Å². The number of carboxylic acid groups (broad SMARTS) is 1. The number of anilines is 1. The molecule has 0 unspecified atom stereocenters. The third-order valence-electron chi connectivity index (χ3n) is 6.56. The Labute approximate surface area is 200 Å². The second-order valence-electron chi connectivity index (χ2n) is 8.39. The first-order chi connectivity index (χ1) is 15.9. The van der Waals surface area contributed by atoms with Gasteiger partial charge in [-0.1, -0.05) is 42.5 Å². The molecule has 0 spiro atoms. The number of nitrogens with zero attached hydrogens (tertiary/aromatic N) is 1. The Morgan fingerprint density at radius 3 is 2.55 bits per heavy atom. The van der Waals surface area contributed by atoms with Crippen LogP contribution in [0.25, 0.3) is 0 Å². The van der Waals surface area contributed by atoms with Crippen molar-refractivity contribution in [3.63, 3.8) is 0 Å². The molecule has 2 aliphatic rings. The number of nitro groups is 1. The van der Waals surface area contributed by atoms with Crippen molar-refractivity contribution in [3.8, 4) is 0 Å². The van der Waals surface area contributed by atoms with Crippen LogP contribution in [-0.4, -0.2) is 26.6 Å². The molecule has 2 N–H and O–H groups in total. The zero-order chi connectivity index (χ0) is 23.1. The quantitative estimate of drug-likeness (QED) is 0.252. The number of aromatic carboxylic acids is 1. The zero-order valence-corrected chi connectivity index (χ0v) is 19.0. The predicted octanol–water partition coefficient (Wildman–Crippen LogP) is 6.33. The molecule has 0 saturated heterocycles. The fourth-order valence-corrected chi connectivity index (χ4v) is 7.05. The fourth-order valence-electron chi connectivity index (χ4n) is 5.11. The predicted molar refractivity (Wildman–Crippen MR) is 129 cm³/mol. The summed E-state index contributed by atoms with van der Waals surface area (Å²) in [5.41, 5.74) is 3.23. The van der Waals surface area contributed by atoms with E-state index in [0.717, 1.165) is 23.2 Å². The van der Waals surface area contributed by atoms with Crippen molar-refractivity contribution in [2.75, 3.05) is 5.32 Å². The molecular formula is C25H21ClN2O4S. The highest BCUT2D eigenvalue weighted by Gasteiger charge is 2.50. The Morgan fingerprint density at radius 1 is 1.09 bits per heavy atom. The van der Waals surface area contributed by atoms with Gasteiger partial charge in [-0.15, -0.1) is 23.4 Å². The van der Waals surface area contributed by atoms with Crippen LogP contribution < -0.4 is 5.32 Å². The number of hydrogen-bond donors (Lipinski definition) is 2. The van der Waals surface area contributed by atoms with Crippen LogP contribution in [0.15, 0.2) is 77.7 Å². The van der Waals surface area contributed by atoms with Gasteiger partial charge >= 0.3 is 5.97 Å². The van der Waals surface area contributed by atoms with Crippen molar-refractivity contribution in [3.05, 3.63) is 99.6 Å². The molecule has 5 atom stereocenters. The normalized spacial score (nSPS) is 25.5. The van der Waals surface area contributed by atoms with Gasteiger partial charge in [0.15, 0.2) is 0 Å². The minimum absolute atomic E-state index is 0.0111. The monoisotopic (exact) mass is 480 g/mol. The lowest BCUT2D eigenvalue weighted by atomic mass is 9.77. The summed E-state index contributed by atoms with van der Waals surface area (Å²) in [5, 5.41) is 24.3. The van der Waals surface area contributed by atoms with E-state index in [2.05, 4.69) is 17.4 Å². The molecule has 3 aromatic carbocycles. The highest BCUT2D eigenvalue weighted by molar-refractivity contribution is 8.00. The van der Waals surface area contributed by atoms with Crippen molar-refractivity contribution in [1.29, 1.82) is 0 Å². The molecule has 3 aromatic rings.